The van der Waals surface area contributed by atoms with Gasteiger partial charge in [0.2, 0.25) is 0 Å². The minimum absolute atomic E-state index is 0.184. The Hall–Kier alpha value is -1.20. The number of fused-ring (bicyclic) bond motifs is 1. The number of halogens is 3. The van der Waals surface area contributed by atoms with Crippen LogP contribution >= 0.6 is 11.6 Å². The minimum atomic E-state index is -0.871. The molecule has 1 aromatic carbocycles. The Balaban J connectivity index is 2.29. The van der Waals surface area contributed by atoms with Crippen molar-refractivity contribution in [1.29, 1.82) is 0 Å². The molecule has 0 bridgehead atoms. The number of ether oxygens (including phenoxy) is 1. The van der Waals surface area contributed by atoms with Crippen molar-refractivity contribution in [1.82, 2.24) is 9.55 Å². The number of aryl methyl sites for hydroxylation is 1. The van der Waals surface area contributed by atoms with Gasteiger partial charge in [0.15, 0.2) is 11.6 Å². The van der Waals surface area contributed by atoms with Gasteiger partial charge in [-0.05, 0) is 18.1 Å². The second kappa shape index (κ2) is 7.18. The van der Waals surface area contributed by atoms with Crippen LogP contribution in [0.5, 0.6) is 0 Å². The van der Waals surface area contributed by atoms with Crippen molar-refractivity contribution in [2.75, 3.05) is 19.1 Å². The SMILES string of the molecule is CC(C)COCCn1c(CCCl)nc2ccc(F)c(F)c21. The fraction of sp³-hybridized carbons (Fsp3) is 0.533. The highest BCUT2D eigenvalue weighted by Gasteiger charge is 2.17. The Morgan fingerprint density at radius 2 is 2.10 bits per heavy atom. The van der Waals surface area contributed by atoms with Gasteiger partial charge in [0, 0.05) is 25.5 Å². The lowest BCUT2D eigenvalue weighted by Gasteiger charge is -2.11. The molecule has 6 heteroatoms. The number of alkyl halides is 1. The first kappa shape index (κ1) is 16.2. The highest BCUT2D eigenvalue weighted by Crippen LogP contribution is 2.22. The summed E-state index contributed by atoms with van der Waals surface area (Å²) < 4.78 is 34.7. The zero-order valence-electron chi connectivity index (χ0n) is 12.2. The van der Waals surface area contributed by atoms with E-state index in [9.17, 15) is 8.78 Å². The number of imidazole rings is 1. The van der Waals surface area contributed by atoms with Gasteiger partial charge in [0.25, 0.3) is 0 Å². The number of hydrogen-bond donors (Lipinski definition) is 0. The van der Waals surface area contributed by atoms with Gasteiger partial charge in [-0.15, -0.1) is 11.6 Å². The standard InChI is InChI=1S/C15H19ClF2N2O/c1-10(2)9-21-8-7-20-13(5-6-16)19-12-4-3-11(17)14(18)15(12)20/h3-4,10H,5-9H2,1-2H3. The molecule has 0 fully saturated rings. The number of aromatic nitrogens is 2. The lowest BCUT2D eigenvalue weighted by molar-refractivity contribution is 0.103. The van der Waals surface area contributed by atoms with Crippen LogP contribution in [0.25, 0.3) is 11.0 Å². The third kappa shape index (κ3) is 3.71. The normalized spacial score (nSPS) is 11.7. The molecule has 0 radical (unpaired) electrons. The molecule has 1 heterocycles. The fourth-order valence-corrected chi connectivity index (χ4v) is 2.37. The molecule has 116 valence electrons. The molecule has 0 aliphatic carbocycles. The maximum absolute atomic E-state index is 14.0. The quantitative estimate of drug-likeness (QED) is 0.574. The van der Waals surface area contributed by atoms with E-state index in [2.05, 4.69) is 18.8 Å². The average Bonchev–Trinajstić information content (AvgIpc) is 2.78. The summed E-state index contributed by atoms with van der Waals surface area (Å²) in [6.45, 7) is 5.60. The van der Waals surface area contributed by atoms with E-state index in [1.165, 1.54) is 6.07 Å². The van der Waals surface area contributed by atoms with E-state index in [0.717, 1.165) is 6.07 Å². The number of hydrogen-bond acceptors (Lipinski definition) is 2. The number of rotatable bonds is 7. The first-order valence-electron chi connectivity index (χ1n) is 7.01. The Morgan fingerprint density at radius 3 is 2.76 bits per heavy atom. The smallest absolute Gasteiger partial charge is 0.184 e. The van der Waals surface area contributed by atoms with Gasteiger partial charge in [-0.1, -0.05) is 13.8 Å². The zero-order valence-corrected chi connectivity index (χ0v) is 13.0. The Labute approximate surface area is 127 Å². The molecule has 0 aliphatic rings. The molecule has 2 rings (SSSR count). The molecule has 21 heavy (non-hydrogen) atoms. The maximum Gasteiger partial charge on any atom is 0.184 e. The van der Waals surface area contributed by atoms with Crippen molar-refractivity contribution in [3.8, 4) is 0 Å². The third-order valence-corrected chi connectivity index (χ3v) is 3.30. The van der Waals surface area contributed by atoms with E-state index in [-0.39, 0.29) is 5.52 Å². The van der Waals surface area contributed by atoms with Crippen LogP contribution in [0.2, 0.25) is 0 Å². The van der Waals surface area contributed by atoms with Crippen molar-refractivity contribution < 1.29 is 13.5 Å². The zero-order chi connectivity index (χ0) is 15.4. The van der Waals surface area contributed by atoms with E-state index < -0.39 is 11.6 Å². The summed E-state index contributed by atoms with van der Waals surface area (Å²) in [5, 5.41) is 0. The molecule has 0 spiro atoms. The average molecular weight is 317 g/mol. The minimum Gasteiger partial charge on any atom is -0.379 e. The fourth-order valence-electron chi connectivity index (χ4n) is 2.20. The van der Waals surface area contributed by atoms with Crippen molar-refractivity contribution in [3.63, 3.8) is 0 Å². The predicted molar refractivity (Wildman–Crippen MR) is 79.7 cm³/mol. The highest BCUT2D eigenvalue weighted by atomic mass is 35.5. The van der Waals surface area contributed by atoms with E-state index in [0.29, 0.717) is 49.3 Å². The van der Waals surface area contributed by atoms with Crippen LogP contribution < -0.4 is 0 Å². The molecule has 0 unspecified atom stereocenters. The van der Waals surface area contributed by atoms with Crippen LogP contribution in [-0.4, -0.2) is 28.6 Å². The van der Waals surface area contributed by atoms with E-state index in [1.807, 2.05) is 0 Å². The first-order valence-corrected chi connectivity index (χ1v) is 7.54. The summed E-state index contributed by atoms with van der Waals surface area (Å²) in [4.78, 5) is 4.33. The van der Waals surface area contributed by atoms with Crippen LogP contribution in [-0.2, 0) is 17.7 Å². The summed E-state index contributed by atoms with van der Waals surface area (Å²) in [5.41, 5.74) is 0.626. The lowest BCUT2D eigenvalue weighted by Crippen LogP contribution is -2.13. The van der Waals surface area contributed by atoms with Gasteiger partial charge in [-0.25, -0.2) is 13.8 Å². The molecule has 0 aliphatic heterocycles. The molecule has 2 aromatic rings. The van der Waals surface area contributed by atoms with Crippen molar-refractivity contribution in [3.05, 3.63) is 29.6 Å². The van der Waals surface area contributed by atoms with Gasteiger partial charge in [-0.3, -0.25) is 0 Å². The molecule has 3 nitrogen and oxygen atoms in total. The molecule has 0 saturated heterocycles. The first-order chi connectivity index (χ1) is 10.0. The van der Waals surface area contributed by atoms with Crippen molar-refractivity contribution in [2.24, 2.45) is 5.92 Å². The lowest BCUT2D eigenvalue weighted by atomic mass is 10.2. The van der Waals surface area contributed by atoms with Gasteiger partial charge < -0.3 is 9.30 Å². The van der Waals surface area contributed by atoms with Crippen LogP contribution in [0.4, 0.5) is 8.78 Å². The second-order valence-electron chi connectivity index (χ2n) is 5.32. The molecule has 1 aromatic heterocycles. The summed E-state index contributed by atoms with van der Waals surface area (Å²) in [7, 11) is 0. The number of nitrogens with zero attached hydrogens (tertiary/aromatic N) is 2. The highest BCUT2D eigenvalue weighted by molar-refractivity contribution is 6.17. The number of benzene rings is 1. The van der Waals surface area contributed by atoms with Crippen LogP contribution in [0.3, 0.4) is 0 Å². The predicted octanol–water partition coefficient (Wildman–Crippen LogP) is 3.77. The summed E-state index contributed by atoms with van der Waals surface area (Å²) >= 11 is 5.76. The van der Waals surface area contributed by atoms with Gasteiger partial charge in [-0.2, -0.15) is 0 Å². The monoisotopic (exact) mass is 316 g/mol. The second-order valence-corrected chi connectivity index (χ2v) is 5.69. The molecule has 0 amide bonds. The molecule has 0 N–H and O–H groups in total. The van der Waals surface area contributed by atoms with E-state index in [1.54, 1.807) is 4.57 Å². The molecular formula is C15H19ClF2N2O. The van der Waals surface area contributed by atoms with Crippen molar-refractivity contribution >= 4 is 22.6 Å². The summed E-state index contributed by atoms with van der Waals surface area (Å²) in [5.74, 6) is -0.284. The van der Waals surface area contributed by atoms with Crippen LogP contribution in [0.1, 0.15) is 19.7 Å². The molecule has 0 atom stereocenters. The van der Waals surface area contributed by atoms with Crippen LogP contribution in [0.15, 0.2) is 12.1 Å². The van der Waals surface area contributed by atoms with E-state index >= 15 is 0 Å². The van der Waals surface area contributed by atoms with E-state index in [4.69, 9.17) is 16.3 Å². The molecular weight excluding hydrogens is 298 g/mol. The third-order valence-electron chi connectivity index (χ3n) is 3.11. The van der Waals surface area contributed by atoms with Gasteiger partial charge in [0.1, 0.15) is 11.3 Å². The topological polar surface area (TPSA) is 27.1 Å². The Bertz CT molecular complexity index is 613. The van der Waals surface area contributed by atoms with Gasteiger partial charge in [0.05, 0.1) is 12.1 Å². The Kier molecular flexibility index (Phi) is 5.53. The van der Waals surface area contributed by atoms with Gasteiger partial charge >= 0.3 is 0 Å². The Morgan fingerprint density at radius 1 is 1.33 bits per heavy atom. The summed E-state index contributed by atoms with van der Waals surface area (Å²) in [6, 6.07) is 2.58. The maximum atomic E-state index is 14.0. The largest absolute Gasteiger partial charge is 0.379 e. The van der Waals surface area contributed by atoms with Crippen molar-refractivity contribution in [2.45, 2.75) is 26.8 Å². The molecule has 0 saturated carbocycles. The summed E-state index contributed by atoms with van der Waals surface area (Å²) in [6.07, 6.45) is 0.501. The van der Waals surface area contributed by atoms with Crippen LogP contribution in [0, 0.1) is 17.6 Å².